The maximum atomic E-state index is 10.5. The number of carbonyl (C=O) groups excluding carboxylic acids is 1. The van der Waals surface area contributed by atoms with Crippen molar-refractivity contribution in [3.8, 4) is 0 Å². The molecule has 0 unspecified atom stereocenters. The minimum Gasteiger partial charge on any atom is -0.462 e. The van der Waals surface area contributed by atoms with E-state index in [2.05, 4.69) is 0 Å². The van der Waals surface area contributed by atoms with E-state index in [1.807, 2.05) is 0 Å². The summed E-state index contributed by atoms with van der Waals surface area (Å²) in [4.78, 5) is 10.5. The zero-order valence-electron chi connectivity index (χ0n) is 5.59. The lowest BCUT2D eigenvalue weighted by Crippen LogP contribution is -2.24. The molecule has 1 fully saturated rings. The molecule has 0 aromatic carbocycles. The van der Waals surface area contributed by atoms with E-state index in [0.717, 1.165) is 12.8 Å². The van der Waals surface area contributed by atoms with Crippen molar-refractivity contribution in [3.63, 3.8) is 0 Å². The smallest absolute Gasteiger partial charge is 0.309 e. The summed E-state index contributed by atoms with van der Waals surface area (Å²) in [6.45, 7) is 1.70. The van der Waals surface area contributed by atoms with Gasteiger partial charge in [0.1, 0.15) is 6.10 Å². The van der Waals surface area contributed by atoms with E-state index in [0.29, 0.717) is 0 Å². The van der Waals surface area contributed by atoms with E-state index in [1.54, 1.807) is 6.92 Å². The molecule has 0 spiro atoms. The topological polar surface area (TPSA) is 26.3 Å². The van der Waals surface area contributed by atoms with E-state index in [9.17, 15) is 4.79 Å². The maximum Gasteiger partial charge on any atom is 0.309 e. The van der Waals surface area contributed by atoms with Crippen molar-refractivity contribution >= 4 is 5.97 Å². The van der Waals surface area contributed by atoms with Crippen LogP contribution in [0.4, 0.5) is 0 Å². The van der Waals surface area contributed by atoms with Crippen LogP contribution in [-0.4, -0.2) is 12.1 Å². The molecule has 1 radical (unpaired) electrons. The summed E-state index contributed by atoms with van der Waals surface area (Å²) >= 11 is 0. The fourth-order valence-corrected chi connectivity index (χ4v) is 0.721. The van der Waals surface area contributed by atoms with Crippen LogP contribution in [-0.2, 0) is 9.53 Å². The van der Waals surface area contributed by atoms with Crippen molar-refractivity contribution in [1.82, 2.24) is 0 Å². The van der Waals surface area contributed by atoms with Gasteiger partial charge in [-0.25, -0.2) is 0 Å². The van der Waals surface area contributed by atoms with Gasteiger partial charge in [0.25, 0.3) is 0 Å². The summed E-state index contributed by atoms with van der Waals surface area (Å²) in [7, 11) is 0. The fourth-order valence-electron chi connectivity index (χ4n) is 0.721. The molecule has 51 valence electrons. The van der Waals surface area contributed by atoms with Crippen LogP contribution in [0.5, 0.6) is 0 Å². The molecule has 2 nitrogen and oxygen atoms in total. The van der Waals surface area contributed by atoms with Gasteiger partial charge in [-0.05, 0) is 19.3 Å². The Balaban J connectivity index is 2.09. The van der Waals surface area contributed by atoms with Crippen molar-refractivity contribution in [2.75, 3.05) is 0 Å². The third-order valence-electron chi connectivity index (χ3n) is 1.57. The Labute approximate surface area is 55.2 Å². The number of rotatable bonds is 2. The summed E-state index contributed by atoms with van der Waals surface area (Å²) in [5.74, 6) is -0.181. The highest BCUT2D eigenvalue weighted by atomic mass is 16.5. The van der Waals surface area contributed by atoms with E-state index >= 15 is 0 Å². The molecule has 0 saturated heterocycles. The Bertz CT molecular complexity index is 105. The van der Waals surface area contributed by atoms with Gasteiger partial charge in [0.2, 0.25) is 0 Å². The molecule has 9 heavy (non-hydrogen) atoms. The summed E-state index contributed by atoms with van der Waals surface area (Å²) in [6.07, 6.45) is 5.01. The first-order valence-corrected chi connectivity index (χ1v) is 3.33. The molecular weight excluding hydrogens is 116 g/mol. The zero-order chi connectivity index (χ0) is 6.69. The second kappa shape index (κ2) is 2.85. The Kier molecular flexibility index (Phi) is 2.09. The predicted molar refractivity (Wildman–Crippen MR) is 33.7 cm³/mol. The first-order chi connectivity index (χ1) is 4.33. The molecule has 0 aromatic rings. The Hall–Kier alpha value is -0.530. The van der Waals surface area contributed by atoms with Crippen LogP contribution < -0.4 is 0 Å². The molecule has 0 aliphatic heterocycles. The number of hydrogen-bond donors (Lipinski definition) is 0. The van der Waals surface area contributed by atoms with Crippen LogP contribution in [0.3, 0.4) is 0 Å². The number of esters is 1. The van der Waals surface area contributed by atoms with Gasteiger partial charge in [0.15, 0.2) is 0 Å². The first-order valence-electron chi connectivity index (χ1n) is 3.33. The largest absolute Gasteiger partial charge is 0.462 e. The predicted octanol–water partition coefficient (Wildman–Crippen LogP) is 1.31. The van der Waals surface area contributed by atoms with Crippen LogP contribution in [0.2, 0.25) is 0 Å². The van der Waals surface area contributed by atoms with Crippen molar-refractivity contribution in [3.05, 3.63) is 6.42 Å². The second-order valence-corrected chi connectivity index (χ2v) is 2.28. The van der Waals surface area contributed by atoms with Gasteiger partial charge in [-0.15, -0.1) is 0 Å². The Morgan fingerprint density at radius 2 is 2.33 bits per heavy atom. The lowest BCUT2D eigenvalue weighted by Gasteiger charge is -2.24. The van der Waals surface area contributed by atoms with Crippen LogP contribution in [0, 0.1) is 6.42 Å². The molecule has 0 atom stereocenters. The second-order valence-electron chi connectivity index (χ2n) is 2.28. The van der Waals surface area contributed by atoms with Gasteiger partial charge < -0.3 is 4.74 Å². The average Bonchev–Trinajstić information content (AvgIpc) is 1.78. The van der Waals surface area contributed by atoms with Crippen molar-refractivity contribution in [1.29, 1.82) is 0 Å². The molecule has 1 saturated carbocycles. The Morgan fingerprint density at radius 3 is 2.67 bits per heavy atom. The maximum absolute atomic E-state index is 10.5. The van der Waals surface area contributed by atoms with Gasteiger partial charge in [0, 0.05) is 0 Å². The molecule has 1 aliphatic rings. The van der Waals surface area contributed by atoms with Crippen LogP contribution in [0.1, 0.15) is 26.2 Å². The van der Waals surface area contributed by atoms with Crippen LogP contribution in [0.25, 0.3) is 0 Å². The van der Waals surface area contributed by atoms with Gasteiger partial charge in [-0.3, -0.25) is 4.79 Å². The summed E-state index contributed by atoms with van der Waals surface area (Å²) < 4.78 is 4.94. The fraction of sp³-hybridized carbons (Fsp3) is 0.714. The van der Waals surface area contributed by atoms with Crippen molar-refractivity contribution in [2.24, 2.45) is 0 Å². The van der Waals surface area contributed by atoms with Gasteiger partial charge in [0.05, 0.1) is 6.42 Å². The minimum atomic E-state index is -0.181. The molecular formula is C7H11O2. The molecule has 0 aromatic heterocycles. The number of carbonyl (C=O) groups is 1. The molecule has 1 aliphatic carbocycles. The van der Waals surface area contributed by atoms with Crippen molar-refractivity contribution in [2.45, 2.75) is 32.3 Å². The lowest BCUT2D eigenvalue weighted by molar-refractivity contribution is -0.148. The van der Waals surface area contributed by atoms with Crippen molar-refractivity contribution < 1.29 is 9.53 Å². The first kappa shape index (κ1) is 6.59. The molecule has 0 heterocycles. The van der Waals surface area contributed by atoms with E-state index in [-0.39, 0.29) is 12.1 Å². The third-order valence-corrected chi connectivity index (χ3v) is 1.57. The summed E-state index contributed by atoms with van der Waals surface area (Å²) in [6, 6.07) is 0. The highest BCUT2D eigenvalue weighted by Gasteiger charge is 2.20. The van der Waals surface area contributed by atoms with E-state index in [4.69, 9.17) is 4.74 Å². The molecule has 2 heteroatoms. The highest BCUT2D eigenvalue weighted by Crippen LogP contribution is 2.21. The van der Waals surface area contributed by atoms with Crippen LogP contribution in [0.15, 0.2) is 0 Å². The standard InChI is InChI=1S/C7H11O2/c1-2-7(8)9-6-4-3-5-6/h2,6H,3-5H2,1H3. The van der Waals surface area contributed by atoms with E-state index < -0.39 is 0 Å². The molecule has 0 amide bonds. The lowest BCUT2D eigenvalue weighted by atomic mass is 9.96. The molecule has 1 rings (SSSR count). The summed E-state index contributed by atoms with van der Waals surface area (Å²) in [5.41, 5.74) is 0. The van der Waals surface area contributed by atoms with Gasteiger partial charge in [-0.2, -0.15) is 0 Å². The van der Waals surface area contributed by atoms with Gasteiger partial charge in [-0.1, -0.05) is 6.92 Å². The highest BCUT2D eigenvalue weighted by molar-refractivity contribution is 5.78. The monoisotopic (exact) mass is 127 g/mol. The summed E-state index contributed by atoms with van der Waals surface area (Å²) in [5, 5.41) is 0. The van der Waals surface area contributed by atoms with E-state index in [1.165, 1.54) is 12.8 Å². The van der Waals surface area contributed by atoms with Gasteiger partial charge >= 0.3 is 5.97 Å². The molecule has 0 bridgehead atoms. The molecule has 0 N–H and O–H groups in total. The van der Waals surface area contributed by atoms with Crippen LogP contribution >= 0.6 is 0 Å². The average molecular weight is 127 g/mol. The zero-order valence-corrected chi connectivity index (χ0v) is 5.59. The quantitative estimate of drug-likeness (QED) is 0.523. The number of hydrogen-bond acceptors (Lipinski definition) is 2. The normalized spacial score (nSPS) is 18.8. The Morgan fingerprint density at radius 1 is 1.67 bits per heavy atom. The number of ether oxygens (including phenoxy) is 1. The minimum absolute atomic E-state index is 0.181. The third kappa shape index (κ3) is 1.70. The SMILES string of the molecule is C[CH]C(=O)OC1CCC1.